The van der Waals surface area contributed by atoms with E-state index in [4.69, 9.17) is 14.6 Å². The lowest BCUT2D eigenvalue weighted by atomic mass is 10.1. The minimum absolute atomic E-state index is 0.0447. The molecule has 2 aromatic rings. The molecule has 0 spiro atoms. The van der Waals surface area contributed by atoms with E-state index in [0.717, 1.165) is 35.7 Å². The average Bonchev–Trinajstić information content (AvgIpc) is 2.96. The number of fused-ring (bicyclic) bond motifs is 1. The number of benzene rings is 1. The van der Waals surface area contributed by atoms with E-state index in [1.165, 1.54) is 0 Å². The molecule has 0 atom stereocenters. The topological polar surface area (TPSA) is 71.6 Å². The summed E-state index contributed by atoms with van der Waals surface area (Å²) in [6, 6.07) is 3.70. The van der Waals surface area contributed by atoms with Crippen LogP contribution in [0, 0.1) is 6.92 Å². The number of aryl methyl sites for hydroxylation is 1. The average molecular weight is 305 g/mol. The van der Waals surface area contributed by atoms with Gasteiger partial charge in [-0.05, 0) is 25.5 Å². The van der Waals surface area contributed by atoms with Crippen LogP contribution in [0.25, 0.3) is 10.9 Å². The third kappa shape index (κ3) is 3.60. The summed E-state index contributed by atoms with van der Waals surface area (Å²) < 4.78 is 10.8. The molecule has 0 aliphatic rings. The van der Waals surface area contributed by atoms with Crippen molar-refractivity contribution in [3.05, 3.63) is 29.5 Å². The van der Waals surface area contributed by atoms with Crippen LogP contribution in [0.3, 0.4) is 0 Å². The van der Waals surface area contributed by atoms with Crippen LogP contribution in [-0.2, 0) is 4.74 Å². The maximum absolute atomic E-state index is 12.2. The number of aliphatic hydroxyl groups excluding tert-OH is 1. The van der Waals surface area contributed by atoms with Crippen molar-refractivity contribution in [1.29, 1.82) is 0 Å². The van der Waals surface area contributed by atoms with Crippen LogP contribution in [0.2, 0.25) is 0 Å². The maximum Gasteiger partial charge on any atom is 0.340 e. The molecule has 0 unspecified atom stereocenters. The van der Waals surface area contributed by atoms with Gasteiger partial charge in [0.25, 0.3) is 0 Å². The Balaban J connectivity index is 2.20. The molecule has 0 amide bonds. The molecule has 0 aliphatic carbocycles. The van der Waals surface area contributed by atoms with E-state index >= 15 is 0 Å². The van der Waals surface area contributed by atoms with Gasteiger partial charge in [-0.25, -0.2) is 4.79 Å². The number of esters is 1. The molecule has 0 saturated carbocycles. The van der Waals surface area contributed by atoms with Crippen LogP contribution in [0.15, 0.2) is 18.3 Å². The van der Waals surface area contributed by atoms with Crippen molar-refractivity contribution in [1.82, 2.24) is 4.98 Å². The SMILES string of the molecule is CCCCCOC(=O)c1c[nH]c2ccc(OCCO)c(C)c12. The summed E-state index contributed by atoms with van der Waals surface area (Å²) in [7, 11) is 0. The van der Waals surface area contributed by atoms with E-state index in [0.29, 0.717) is 17.9 Å². The normalized spacial score (nSPS) is 10.9. The van der Waals surface area contributed by atoms with Gasteiger partial charge in [0.05, 0.1) is 18.8 Å². The van der Waals surface area contributed by atoms with Gasteiger partial charge in [0.15, 0.2) is 0 Å². The number of ether oxygens (including phenoxy) is 2. The molecule has 0 aliphatic heterocycles. The van der Waals surface area contributed by atoms with Gasteiger partial charge in [0.2, 0.25) is 0 Å². The van der Waals surface area contributed by atoms with Crippen molar-refractivity contribution in [3.8, 4) is 5.75 Å². The second-order valence-electron chi connectivity index (χ2n) is 5.23. The number of nitrogens with one attached hydrogen (secondary N) is 1. The van der Waals surface area contributed by atoms with Crippen molar-refractivity contribution in [3.63, 3.8) is 0 Å². The molecule has 1 heterocycles. The Bertz CT molecular complexity index is 633. The summed E-state index contributed by atoms with van der Waals surface area (Å²) in [5.74, 6) is 0.353. The van der Waals surface area contributed by atoms with Crippen LogP contribution < -0.4 is 4.74 Å². The molecule has 120 valence electrons. The van der Waals surface area contributed by atoms with Crippen LogP contribution in [0.5, 0.6) is 5.75 Å². The van der Waals surface area contributed by atoms with Crippen molar-refractivity contribution in [2.24, 2.45) is 0 Å². The van der Waals surface area contributed by atoms with Gasteiger partial charge >= 0.3 is 5.97 Å². The monoisotopic (exact) mass is 305 g/mol. The molecule has 0 bridgehead atoms. The zero-order valence-corrected chi connectivity index (χ0v) is 13.1. The van der Waals surface area contributed by atoms with Gasteiger partial charge in [0, 0.05) is 22.7 Å². The highest BCUT2D eigenvalue weighted by Gasteiger charge is 2.17. The highest BCUT2D eigenvalue weighted by atomic mass is 16.5. The van der Waals surface area contributed by atoms with Gasteiger partial charge in [-0.2, -0.15) is 0 Å². The Morgan fingerprint density at radius 1 is 1.27 bits per heavy atom. The number of aromatic amines is 1. The first-order chi connectivity index (χ1) is 10.7. The van der Waals surface area contributed by atoms with E-state index in [1.807, 2.05) is 19.1 Å². The third-order valence-electron chi connectivity index (χ3n) is 3.61. The van der Waals surface area contributed by atoms with Crippen molar-refractivity contribution < 1.29 is 19.4 Å². The summed E-state index contributed by atoms with van der Waals surface area (Å²) in [6.45, 7) is 4.64. The van der Waals surface area contributed by atoms with Gasteiger partial charge in [0.1, 0.15) is 12.4 Å². The Labute approximate surface area is 130 Å². The number of H-pyrrole nitrogens is 1. The quantitative estimate of drug-likeness (QED) is 0.580. The highest BCUT2D eigenvalue weighted by molar-refractivity contribution is 6.06. The summed E-state index contributed by atoms with van der Waals surface area (Å²) in [5.41, 5.74) is 2.26. The largest absolute Gasteiger partial charge is 0.491 e. The third-order valence-corrected chi connectivity index (χ3v) is 3.61. The predicted molar refractivity (Wildman–Crippen MR) is 85.4 cm³/mol. The smallest absolute Gasteiger partial charge is 0.340 e. The van der Waals surface area contributed by atoms with E-state index in [1.54, 1.807) is 6.20 Å². The molecule has 22 heavy (non-hydrogen) atoms. The molecule has 2 rings (SSSR count). The van der Waals surface area contributed by atoms with E-state index in [2.05, 4.69) is 11.9 Å². The second-order valence-corrected chi connectivity index (χ2v) is 5.23. The molecule has 5 heteroatoms. The summed E-state index contributed by atoms with van der Waals surface area (Å²) in [6.07, 6.45) is 4.71. The number of unbranched alkanes of at least 4 members (excludes halogenated alkanes) is 2. The number of aliphatic hydroxyl groups is 1. The molecule has 5 nitrogen and oxygen atoms in total. The van der Waals surface area contributed by atoms with Crippen LogP contribution in [0.4, 0.5) is 0 Å². The Kier molecular flexibility index (Phi) is 5.83. The number of hydrogen-bond acceptors (Lipinski definition) is 4. The summed E-state index contributed by atoms with van der Waals surface area (Å²) >= 11 is 0. The molecule has 0 radical (unpaired) electrons. The van der Waals surface area contributed by atoms with E-state index in [9.17, 15) is 4.79 Å². The van der Waals surface area contributed by atoms with Gasteiger partial charge in [-0.15, -0.1) is 0 Å². The first-order valence-electron chi connectivity index (χ1n) is 7.70. The zero-order chi connectivity index (χ0) is 15.9. The van der Waals surface area contributed by atoms with Crippen molar-refractivity contribution in [2.75, 3.05) is 19.8 Å². The number of carbonyl (C=O) groups is 1. The van der Waals surface area contributed by atoms with Crippen LogP contribution in [-0.4, -0.2) is 35.9 Å². The van der Waals surface area contributed by atoms with Crippen LogP contribution in [0.1, 0.15) is 42.1 Å². The fraction of sp³-hybridized carbons (Fsp3) is 0.471. The molecule has 1 aromatic carbocycles. The second kappa shape index (κ2) is 7.84. The predicted octanol–water partition coefficient (Wildman–Crippen LogP) is 3.19. The van der Waals surface area contributed by atoms with E-state index in [-0.39, 0.29) is 19.2 Å². The lowest BCUT2D eigenvalue weighted by Gasteiger charge is -2.10. The lowest BCUT2D eigenvalue weighted by Crippen LogP contribution is -2.07. The van der Waals surface area contributed by atoms with E-state index < -0.39 is 0 Å². The Morgan fingerprint density at radius 2 is 2.09 bits per heavy atom. The summed E-state index contributed by atoms with van der Waals surface area (Å²) in [5, 5.41) is 9.69. The minimum Gasteiger partial charge on any atom is -0.491 e. The number of carbonyl (C=O) groups excluding carboxylic acids is 1. The zero-order valence-electron chi connectivity index (χ0n) is 13.1. The lowest BCUT2D eigenvalue weighted by molar-refractivity contribution is 0.0500. The maximum atomic E-state index is 12.2. The molecular weight excluding hydrogens is 282 g/mol. The first kappa shape index (κ1) is 16.4. The molecule has 0 fully saturated rings. The van der Waals surface area contributed by atoms with Gasteiger partial charge in [-0.1, -0.05) is 19.8 Å². The minimum atomic E-state index is -0.315. The molecule has 0 saturated heterocycles. The first-order valence-corrected chi connectivity index (χ1v) is 7.70. The van der Waals surface area contributed by atoms with Gasteiger partial charge in [-0.3, -0.25) is 0 Å². The Hall–Kier alpha value is -2.01. The van der Waals surface area contributed by atoms with Crippen molar-refractivity contribution in [2.45, 2.75) is 33.1 Å². The van der Waals surface area contributed by atoms with Crippen molar-refractivity contribution >= 4 is 16.9 Å². The molecule has 2 N–H and O–H groups in total. The fourth-order valence-corrected chi connectivity index (χ4v) is 2.45. The van der Waals surface area contributed by atoms with Crippen LogP contribution >= 0.6 is 0 Å². The Morgan fingerprint density at radius 3 is 2.82 bits per heavy atom. The number of aromatic nitrogens is 1. The van der Waals surface area contributed by atoms with Gasteiger partial charge < -0.3 is 19.6 Å². The summed E-state index contributed by atoms with van der Waals surface area (Å²) in [4.78, 5) is 15.3. The highest BCUT2D eigenvalue weighted by Crippen LogP contribution is 2.30. The fourth-order valence-electron chi connectivity index (χ4n) is 2.45. The molecule has 1 aromatic heterocycles. The standard InChI is InChI=1S/C17H23NO4/c1-3-4-5-9-22-17(20)13-11-18-14-6-7-15(21-10-8-19)12(2)16(13)14/h6-7,11,18-19H,3-5,8-10H2,1-2H3. The molecular formula is C17H23NO4. The number of hydrogen-bond donors (Lipinski definition) is 2. The number of rotatable bonds is 8.